The van der Waals surface area contributed by atoms with Crippen molar-refractivity contribution in [2.75, 3.05) is 0 Å². The van der Waals surface area contributed by atoms with Crippen molar-refractivity contribution in [2.24, 2.45) is 21.8 Å². The topological polar surface area (TPSA) is 36.8 Å². The highest BCUT2D eigenvalue weighted by Crippen LogP contribution is 2.17. The van der Waals surface area contributed by atoms with Gasteiger partial charge in [-0.15, -0.1) is 0 Å². The van der Waals surface area contributed by atoms with E-state index >= 15 is 0 Å². The molecule has 3 nitrogen and oxygen atoms in total. The number of fused-ring (bicyclic) bond motifs is 1. The summed E-state index contributed by atoms with van der Waals surface area (Å²) in [6.45, 7) is 4.22. The van der Waals surface area contributed by atoms with Crippen LogP contribution in [0.5, 0.6) is 0 Å². The number of rotatable bonds is 1. The highest BCUT2D eigenvalue weighted by atomic mass is 15.1. The zero-order valence-corrected chi connectivity index (χ0v) is 7.36. The van der Waals surface area contributed by atoms with E-state index < -0.39 is 0 Å². The molecule has 0 aromatic heterocycles. The zero-order valence-electron chi connectivity index (χ0n) is 7.36. The second-order valence-electron chi connectivity index (χ2n) is 3.47. The molecular formula is C9H13N3. The number of amidine groups is 1. The van der Waals surface area contributed by atoms with E-state index in [1.54, 1.807) is 0 Å². The Hall–Kier alpha value is -1.12. The molecule has 0 aromatic rings. The Kier molecular flexibility index (Phi) is 1.71. The molecule has 0 spiro atoms. The maximum Gasteiger partial charge on any atom is 0.131 e. The minimum absolute atomic E-state index is 0.208. The summed E-state index contributed by atoms with van der Waals surface area (Å²) >= 11 is 0. The minimum Gasteiger partial charge on any atom is -0.369 e. The van der Waals surface area contributed by atoms with Crippen LogP contribution in [0.15, 0.2) is 22.3 Å². The molecule has 12 heavy (non-hydrogen) atoms. The summed E-state index contributed by atoms with van der Waals surface area (Å²) in [5.41, 5.74) is 0. The molecule has 0 saturated heterocycles. The molecule has 0 saturated carbocycles. The zero-order chi connectivity index (χ0) is 8.55. The first kappa shape index (κ1) is 7.53. The molecule has 2 heterocycles. The summed E-state index contributed by atoms with van der Waals surface area (Å²) in [6.07, 6.45) is 6.23. The minimum atomic E-state index is 0.208. The maximum atomic E-state index is 4.49. The second kappa shape index (κ2) is 2.73. The third-order valence-electron chi connectivity index (χ3n) is 2.12. The summed E-state index contributed by atoms with van der Waals surface area (Å²) in [7, 11) is 0. The lowest BCUT2D eigenvalue weighted by atomic mass is 10.1. The molecule has 2 aliphatic heterocycles. The molecule has 0 aromatic carbocycles. The average Bonchev–Trinajstić information content (AvgIpc) is 2.49. The summed E-state index contributed by atoms with van der Waals surface area (Å²) in [5.74, 6) is 1.74. The standard InChI is InChI=1S/C9H13N3/c1-6(2)8-11-5-7-3-4-10-9(7)12-8/h3-7,9-10H,1-2H3. The molecule has 1 N–H and O–H groups in total. The Morgan fingerprint density at radius 3 is 3.08 bits per heavy atom. The van der Waals surface area contributed by atoms with Crippen LogP contribution in [0.4, 0.5) is 0 Å². The molecular weight excluding hydrogens is 150 g/mol. The van der Waals surface area contributed by atoms with Crippen LogP contribution >= 0.6 is 0 Å². The van der Waals surface area contributed by atoms with E-state index in [0.29, 0.717) is 11.8 Å². The van der Waals surface area contributed by atoms with Crippen molar-refractivity contribution in [3.63, 3.8) is 0 Å². The van der Waals surface area contributed by atoms with Crippen molar-refractivity contribution in [1.82, 2.24) is 5.32 Å². The van der Waals surface area contributed by atoms with Crippen molar-refractivity contribution in [3.8, 4) is 0 Å². The monoisotopic (exact) mass is 163 g/mol. The first-order valence-electron chi connectivity index (χ1n) is 4.32. The number of nitrogens with one attached hydrogen (secondary N) is 1. The predicted octanol–water partition coefficient (Wildman–Crippen LogP) is 1.18. The summed E-state index contributed by atoms with van der Waals surface area (Å²) in [4.78, 5) is 8.79. The van der Waals surface area contributed by atoms with Gasteiger partial charge in [0.15, 0.2) is 0 Å². The van der Waals surface area contributed by atoms with E-state index in [4.69, 9.17) is 0 Å². The van der Waals surface area contributed by atoms with E-state index in [-0.39, 0.29) is 6.17 Å². The fourth-order valence-electron chi connectivity index (χ4n) is 1.37. The van der Waals surface area contributed by atoms with Gasteiger partial charge in [0.05, 0.1) is 5.92 Å². The smallest absolute Gasteiger partial charge is 0.131 e. The Labute approximate surface area is 72.3 Å². The Balaban J connectivity index is 2.18. The van der Waals surface area contributed by atoms with Gasteiger partial charge in [-0.3, -0.25) is 0 Å². The molecule has 0 radical (unpaired) electrons. The van der Waals surface area contributed by atoms with Crippen LogP contribution in [-0.2, 0) is 0 Å². The molecule has 2 unspecified atom stereocenters. The molecule has 0 aliphatic carbocycles. The lowest BCUT2D eigenvalue weighted by Gasteiger charge is -2.18. The fourth-order valence-corrected chi connectivity index (χ4v) is 1.37. The van der Waals surface area contributed by atoms with Crippen LogP contribution in [0.3, 0.4) is 0 Å². The Morgan fingerprint density at radius 1 is 1.50 bits per heavy atom. The molecule has 2 aliphatic rings. The predicted molar refractivity (Wildman–Crippen MR) is 50.3 cm³/mol. The van der Waals surface area contributed by atoms with Gasteiger partial charge in [-0.1, -0.05) is 19.9 Å². The van der Waals surface area contributed by atoms with Gasteiger partial charge in [0, 0.05) is 12.1 Å². The molecule has 2 atom stereocenters. The Morgan fingerprint density at radius 2 is 2.33 bits per heavy atom. The average molecular weight is 163 g/mol. The third kappa shape index (κ3) is 1.15. The molecule has 2 rings (SSSR count). The van der Waals surface area contributed by atoms with Crippen LogP contribution < -0.4 is 5.32 Å². The van der Waals surface area contributed by atoms with E-state index in [9.17, 15) is 0 Å². The van der Waals surface area contributed by atoms with E-state index in [1.807, 2.05) is 12.4 Å². The van der Waals surface area contributed by atoms with Crippen LogP contribution in [-0.4, -0.2) is 18.2 Å². The first-order valence-corrected chi connectivity index (χ1v) is 4.32. The van der Waals surface area contributed by atoms with Crippen molar-refractivity contribution in [1.29, 1.82) is 0 Å². The largest absolute Gasteiger partial charge is 0.369 e. The molecule has 0 amide bonds. The van der Waals surface area contributed by atoms with Gasteiger partial charge >= 0.3 is 0 Å². The number of aliphatic imine (C=N–C) groups is 2. The highest BCUT2D eigenvalue weighted by Gasteiger charge is 2.24. The molecule has 0 bridgehead atoms. The van der Waals surface area contributed by atoms with Gasteiger partial charge in [0.2, 0.25) is 0 Å². The second-order valence-corrected chi connectivity index (χ2v) is 3.47. The normalized spacial score (nSPS) is 31.8. The van der Waals surface area contributed by atoms with Crippen molar-refractivity contribution in [3.05, 3.63) is 12.3 Å². The van der Waals surface area contributed by atoms with Crippen molar-refractivity contribution < 1.29 is 0 Å². The van der Waals surface area contributed by atoms with Crippen LogP contribution in [0.25, 0.3) is 0 Å². The first-order chi connectivity index (χ1) is 5.77. The van der Waals surface area contributed by atoms with Gasteiger partial charge in [0.1, 0.15) is 12.0 Å². The number of hydrogen-bond donors (Lipinski definition) is 1. The van der Waals surface area contributed by atoms with Gasteiger partial charge in [-0.05, 0) is 6.20 Å². The highest BCUT2D eigenvalue weighted by molar-refractivity contribution is 5.94. The maximum absolute atomic E-state index is 4.49. The number of nitrogens with zero attached hydrogens (tertiary/aromatic N) is 2. The van der Waals surface area contributed by atoms with Crippen LogP contribution in [0.2, 0.25) is 0 Å². The fraction of sp³-hybridized carbons (Fsp3) is 0.556. The molecule has 64 valence electrons. The van der Waals surface area contributed by atoms with Gasteiger partial charge in [-0.25, -0.2) is 9.98 Å². The SMILES string of the molecule is CC(C)C1=NC2NC=CC2C=N1. The summed E-state index contributed by atoms with van der Waals surface area (Å²) in [5, 5.41) is 3.18. The van der Waals surface area contributed by atoms with E-state index in [1.165, 1.54) is 0 Å². The molecule has 0 fully saturated rings. The quantitative estimate of drug-likeness (QED) is 0.619. The van der Waals surface area contributed by atoms with Gasteiger partial charge in [-0.2, -0.15) is 0 Å². The molecule has 3 heteroatoms. The van der Waals surface area contributed by atoms with Gasteiger partial charge < -0.3 is 5.32 Å². The van der Waals surface area contributed by atoms with Crippen molar-refractivity contribution >= 4 is 12.1 Å². The third-order valence-corrected chi connectivity index (χ3v) is 2.12. The van der Waals surface area contributed by atoms with E-state index in [0.717, 1.165) is 5.84 Å². The van der Waals surface area contributed by atoms with Crippen LogP contribution in [0, 0.1) is 11.8 Å². The van der Waals surface area contributed by atoms with E-state index in [2.05, 4.69) is 35.2 Å². The summed E-state index contributed by atoms with van der Waals surface area (Å²) in [6, 6.07) is 0. The lowest BCUT2D eigenvalue weighted by Crippen LogP contribution is -2.30. The van der Waals surface area contributed by atoms with Crippen LogP contribution in [0.1, 0.15) is 13.8 Å². The Bertz CT molecular complexity index is 263. The number of hydrogen-bond acceptors (Lipinski definition) is 3. The van der Waals surface area contributed by atoms with Gasteiger partial charge in [0.25, 0.3) is 0 Å². The lowest BCUT2D eigenvalue weighted by molar-refractivity contribution is 0.587. The van der Waals surface area contributed by atoms with Crippen molar-refractivity contribution in [2.45, 2.75) is 20.0 Å². The summed E-state index contributed by atoms with van der Waals surface area (Å²) < 4.78 is 0.